The van der Waals surface area contributed by atoms with E-state index in [4.69, 9.17) is 17.3 Å². The average molecular weight is 237 g/mol. The van der Waals surface area contributed by atoms with Crippen LogP contribution in [0.25, 0.3) is 0 Å². The first kappa shape index (κ1) is 12.6. The van der Waals surface area contributed by atoms with Crippen molar-refractivity contribution in [3.8, 4) is 0 Å². The number of nitrogens with zero attached hydrogens (tertiary/aromatic N) is 1. The topological polar surface area (TPSA) is 56.7 Å². The van der Waals surface area contributed by atoms with Crippen molar-refractivity contribution in [3.05, 3.63) is 35.9 Å². The molecule has 5 heteroatoms. The minimum Gasteiger partial charge on any atom is -0.395 e. The smallest absolute Gasteiger partial charge is 0.187 e. The molecule has 0 unspecified atom stereocenters. The quantitative estimate of drug-likeness (QED) is 0.413. The maximum Gasteiger partial charge on any atom is 0.187 e. The Bertz CT molecular complexity index is 365. The number of hydrazone groups is 1. The zero-order valence-electron chi connectivity index (χ0n) is 9.10. The van der Waals surface area contributed by atoms with Crippen molar-refractivity contribution < 1.29 is 5.11 Å². The van der Waals surface area contributed by atoms with Crippen LogP contribution in [0, 0.1) is 0 Å². The van der Waals surface area contributed by atoms with Crippen LogP contribution in [0.1, 0.15) is 12.5 Å². The summed E-state index contributed by atoms with van der Waals surface area (Å²) in [5.74, 6) is 0. The molecule has 1 aromatic carbocycles. The van der Waals surface area contributed by atoms with Crippen molar-refractivity contribution in [2.24, 2.45) is 5.10 Å². The van der Waals surface area contributed by atoms with Gasteiger partial charge in [-0.05, 0) is 24.7 Å². The van der Waals surface area contributed by atoms with Crippen molar-refractivity contribution in [1.29, 1.82) is 0 Å². The van der Waals surface area contributed by atoms with Crippen molar-refractivity contribution in [2.45, 2.75) is 6.92 Å². The summed E-state index contributed by atoms with van der Waals surface area (Å²) < 4.78 is 0. The van der Waals surface area contributed by atoms with Crippen LogP contribution in [0.2, 0.25) is 0 Å². The van der Waals surface area contributed by atoms with E-state index in [2.05, 4.69) is 15.8 Å². The first-order valence-corrected chi connectivity index (χ1v) is 5.39. The molecular formula is C11H15N3OS. The van der Waals surface area contributed by atoms with E-state index in [1.807, 2.05) is 37.3 Å². The molecule has 0 radical (unpaired) electrons. The summed E-state index contributed by atoms with van der Waals surface area (Å²) in [5, 5.41) is 15.9. The molecule has 16 heavy (non-hydrogen) atoms. The van der Waals surface area contributed by atoms with E-state index in [0.29, 0.717) is 11.7 Å². The van der Waals surface area contributed by atoms with Gasteiger partial charge in [-0.25, -0.2) is 0 Å². The van der Waals surface area contributed by atoms with Gasteiger partial charge in [0.2, 0.25) is 0 Å². The van der Waals surface area contributed by atoms with Crippen molar-refractivity contribution >= 4 is 23.0 Å². The molecule has 1 rings (SSSR count). The minimum absolute atomic E-state index is 0.0448. The van der Waals surface area contributed by atoms with E-state index >= 15 is 0 Å². The fraction of sp³-hybridized carbons (Fsp3) is 0.273. The zero-order valence-corrected chi connectivity index (χ0v) is 9.92. The van der Waals surface area contributed by atoms with E-state index in [0.717, 1.165) is 11.3 Å². The third kappa shape index (κ3) is 4.37. The second-order valence-corrected chi connectivity index (χ2v) is 3.56. The van der Waals surface area contributed by atoms with Crippen LogP contribution >= 0.6 is 12.2 Å². The number of hydrogen-bond acceptors (Lipinski definition) is 3. The van der Waals surface area contributed by atoms with Gasteiger partial charge in [-0.15, -0.1) is 0 Å². The third-order valence-corrected chi connectivity index (χ3v) is 2.15. The highest BCUT2D eigenvalue weighted by Crippen LogP contribution is 1.99. The average Bonchev–Trinajstić information content (AvgIpc) is 2.34. The third-order valence-electron chi connectivity index (χ3n) is 1.91. The highest BCUT2D eigenvalue weighted by atomic mass is 32.1. The molecule has 1 aromatic rings. The minimum atomic E-state index is 0.0448. The predicted octanol–water partition coefficient (Wildman–Crippen LogP) is 0.867. The Morgan fingerprint density at radius 2 is 2.06 bits per heavy atom. The van der Waals surface area contributed by atoms with Gasteiger partial charge in [0.1, 0.15) is 0 Å². The van der Waals surface area contributed by atoms with Gasteiger partial charge >= 0.3 is 0 Å². The van der Waals surface area contributed by atoms with E-state index in [9.17, 15) is 0 Å². The lowest BCUT2D eigenvalue weighted by Gasteiger charge is -2.06. The molecule has 86 valence electrons. The Kier molecular flexibility index (Phi) is 5.45. The molecule has 0 aliphatic rings. The maximum absolute atomic E-state index is 8.58. The SMILES string of the molecule is C/C(=N\NC(=S)NCCO)c1ccccc1. The van der Waals surface area contributed by atoms with Crippen LogP contribution in [0.15, 0.2) is 35.4 Å². The van der Waals surface area contributed by atoms with Crippen LogP contribution in [0.4, 0.5) is 0 Å². The number of thiocarbonyl (C=S) groups is 1. The molecule has 0 atom stereocenters. The summed E-state index contributed by atoms with van der Waals surface area (Å²) in [4.78, 5) is 0. The van der Waals surface area contributed by atoms with Gasteiger partial charge in [-0.2, -0.15) is 5.10 Å². The van der Waals surface area contributed by atoms with Crippen molar-refractivity contribution in [1.82, 2.24) is 10.7 Å². The molecule has 0 aliphatic carbocycles. The number of aliphatic hydroxyl groups is 1. The summed E-state index contributed by atoms with van der Waals surface area (Å²) >= 11 is 4.95. The lowest BCUT2D eigenvalue weighted by molar-refractivity contribution is 0.300. The van der Waals surface area contributed by atoms with Gasteiger partial charge in [-0.3, -0.25) is 5.43 Å². The van der Waals surface area contributed by atoms with Gasteiger partial charge in [0, 0.05) is 6.54 Å². The second kappa shape index (κ2) is 6.92. The normalized spacial score (nSPS) is 11.0. The molecule has 3 N–H and O–H groups in total. The summed E-state index contributed by atoms with van der Waals surface area (Å²) in [6, 6.07) is 9.82. The zero-order chi connectivity index (χ0) is 11.8. The first-order valence-electron chi connectivity index (χ1n) is 4.98. The molecule has 0 saturated heterocycles. The fourth-order valence-corrected chi connectivity index (χ4v) is 1.24. The summed E-state index contributed by atoms with van der Waals surface area (Å²) in [7, 11) is 0. The van der Waals surface area contributed by atoms with Crippen LogP contribution in [0.3, 0.4) is 0 Å². The Morgan fingerprint density at radius 3 is 2.69 bits per heavy atom. The molecule has 4 nitrogen and oxygen atoms in total. The highest BCUT2D eigenvalue weighted by Gasteiger charge is 1.96. The maximum atomic E-state index is 8.58. The summed E-state index contributed by atoms with van der Waals surface area (Å²) in [5.41, 5.74) is 4.61. The largest absolute Gasteiger partial charge is 0.395 e. The van der Waals surface area contributed by atoms with E-state index < -0.39 is 0 Å². The Hall–Kier alpha value is -1.46. The highest BCUT2D eigenvalue weighted by molar-refractivity contribution is 7.80. The van der Waals surface area contributed by atoms with Crippen LogP contribution in [0.5, 0.6) is 0 Å². The second-order valence-electron chi connectivity index (χ2n) is 3.15. The molecule has 0 fully saturated rings. The predicted molar refractivity (Wildman–Crippen MR) is 69.5 cm³/mol. The van der Waals surface area contributed by atoms with E-state index in [-0.39, 0.29) is 6.61 Å². The van der Waals surface area contributed by atoms with Gasteiger partial charge in [-0.1, -0.05) is 30.3 Å². The Balaban J connectivity index is 2.48. The van der Waals surface area contributed by atoms with Crippen LogP contribution in [-0.2, 0) is 0 Å². The molecule has 0 aliphatic heterocycles. The number of rotatable bonds is 4. The summed E-state index contributed by atoms with van der Waals surface area (Å²) in [6.07, 6.45) is 0. The lowest BCUT2D eigenvalue weighted by atomic mass is 10.1. The molecule has 0 aromatic heterocycles. The molecule has 0 spiro atoms. The lowest BCUT2D eigenvalue weighted by Crippen LogP contribution is -2.34. The van der Waals surface area contributed by atoms with Crippen LogP contribution < -0.4 is 10.7 Å². The number of nitrogens with one attached hydrogen (secondary N) is 2. The number of hydrogen-bond donors (Lipinski definition) is 3. The van der Waals surface area contributed by atoms with Gasteiger partial charge < -0.3 is 10.4 Å². The Morgan fingerprint density at radius 1 is 1.38 bits per heavy atom. The Labute approximate surface area is 100 Å². The van der Waals surface area contributed by atoms with Crippen molar-refractivity contribution in [2.75, 3.05) is 13.2 Å². The van der Waals surface area contributed by atoms with Crippen LogP contribution in [-0.4, -0.2) is 29.1 Å². The molecular weight excluding hydrogens is 222 g/mol. The molecule has 0 bridgehead atoms. The van der Waals surface area contributed by atoms with Gasteiger partial charge in [0.25, 0.3) is 0 Å². The number of benzene rings is 1. The molecule has 0 saturated carbocycles. The monoisotopic (exact) mass is 237 g/mol. The standard InChI is InChI=1S/C11H15N3OS/c1-9(10-5-3-2-4-6-10)13-14-11(16)12-7-8-15/h2-6,15H,7-8H2,1H3,(H2,12,14,16)/b13-9+. The number of aliphatic hydroxyl groups excluding tert-OH is 1. The van der Waals surface area contributed by atoms with E-state index in [1.54, 1.807) is 0 Å². The van der Waals surface area contributed by atoms with Crippen molar-refractivity contribution in [3.63, 3.8) is 0 Å². The molecule has 0 amide bonds. The van der Waals surface area contributed by atoms with Gasteiger partial charge in [0.15, 0.2) is 5.11 Å². The van der Waals surface area contributed by atoms with E-state index in [1.165, 1.54) is 0 Å². The first-order chi connectivity index (χ1) is 7.74. The van der Waals surface area contributed by atoms with Gasteiger partial charge in [0.05, 0.1) is 12.3 Å². The molecule has 0 heterocycles. The summed E-state index contributed by atoms with van der Waals surface area (Å²) in [6.45, 7) is 2.37. The fourth-order valence-electron chi connectivity index (χ4n) is 1.09.